The van der Waals surface area contributed by atoms with Crippen LogP contribution in [0.2, 0.25) is 0 Å². The quantitative estimate of drug-likeness (QED) is 0.795. The monoisotopic (exact) mass is 252 g/mol. The molecule has 1 saturated carbocycles. The van der Waals surface area contributed by atoms with Crippen LogP contribution in [0.25, 0.3) is 0 Å². The maximum absolute atomic E-state index is 9.47. The standard InChI is InChI=1S/C15H28N2O/c18-11-14-4-2-1-3-12(14)9-16-15-6-8-17-7-5-13(15)10-17/h12-16,18H,1-11H2. The molecule has 3 heteroatoms. The molecule has 3 nitrogen and oxygen atoms in total. The van der Waals surface area contributed by atoms with Crippen molar-refractivity contribution < 1.29 is 5.11 Å². The van der Waals surface area contributed by atoms with Gasteiger partial charge in [0.05, 0.1) is 0 Å². The van der Waals surface area contributed by atoms with Gasteiger partial charge in [-0.05, 0) is 63.1 Å². The molecule has 1 aliphatic carbocycles. The van der Waals surface area contributed by atoms with E-state index < -0.39 is 0 Å². The number of nitrogens with one attached hydrogen (secondary N) is 1. The highest BCUT2D eigenvalue weighted by molar-refractivity contribution is 4.91. The third kappa shape index (κ3) is 2.73. The van der Waals surface area contributed by atoms with Crippen molar-refractivity contribution in [3.63, 3.8) is 0 Å². The molecular weight excluding hydrogens is 224 g/mol. The molecular formula is C15H28N2O. The fourth-order valence-corrected chi connectivity index (χ4v) is 4.32. The molecule has 104 valence electrons. The van der Waals surface area contributed by atoms with Crippen LogP contribution in [0.1, 0.15) is 38.5 Å². The van der Waals surface area contributed by atoms with E-state index >= 15 is 0 Å². The predicted molar refractivity (Wildman–Crippen MR) is 73.5 cm³/mol. The number of nitrogens with zero attached hydrogens (tertiary/aromatic N) is 1. The summed E-state index contributed by atoms with van der Waals surface area (Å²) in [6.07, 6.45) is 7.98. The molecule has 2 N–H and O–H groups in total. The highest BCUT2D eigenvalue weighted by atomic mass is 16.3. The van der Waals surface area contributed by atoms with Gasteiger partial charge in [0.15, 0.2) is 0 Å². The van der Waals surface area contributed by atoms with Crippen LogP contribution >= 0.6 is 0 Å². The van der Waals surface area contributed by atoms with Crippen LogP contribution in [0, 0.1) is 17.8 Å². The minimum atomic E-state index is 0.397. The summed E-state index contributed by atoms with van der Waals surface area (Å²) in [5.41, 5.74) is 0. The normalized spacial score (nSPS) is 44.2. The zero-order valence-electron chi connectivity index (χ0n) is 11.5. The second-order valence-corrected chi connectivity index (χ2v) is 6.64. The first-order chi connectivity index (χ1) is 8.86. The zero-order chi connectivity index (χ0) is 12.4. The van der Waals surface area contributed by atoms with Gasteiger partial charge in [-0.25, -0.2) is 0 Å². The third-order valence-electron chi connectivity index (χ3n) is 5.58. The van der Waals surface area contributed by atoms with Crippen LogP contribution in [-0.4, -0.2) is 48.8 Å². The van der Waals surface area contributed by atoms with Gasteiger partial charge in [0.25, 0.3) is 0 Å². The van der Waals surface area contributed by atoms with Gasteiger partial charge >= 0.3 is 0 Å². The van der Waals surface area contributed by atoms with Gasteiger partial charge in [-0.1, -0.05) is 12.8 Å². The van der Waals surface area contributed by atoms with Crippen LogP contribution in [0.5, 0.6) is 0 Å². The average Bonchev–Trinajstić information content (AvgIpc) is 2.81. The van der Waals surface area contributed by atoms with E-state index in [1.807, 2.05) is 0 Å². The van der Waals surface area contributed by atoms with E-state index in [1.165, 1.54) is 58.2 Å². The minimum Gasteiger partial charge on any atom is -0.396 e. The Bertz CT molecular complexity index is 265. The van der Waals surface area contributed by atoms with Gasteiger partial charge in [0.1, 0.15) is 0 Å². The summed E-state index contributed by atoms with van der Waals surface area (Å²) in [6, 6.07) is 0.755. The highest BCUT2D eigenvalue weighted by Crippen LogP contribution is 2.31. The predicted octanol–water partition coefficient (Wildman–Crippen LogP) is 1.47. The average molecular weight is 252 g/mol. The van der Waals surface area contributed by atoms with Gasteiger partial charge in [-0.15, -0.1) is 0 Å². The largest absolute Gasteiger partial charge is 0.396 e. The van der Waals surface area contributed by atoms with E-state index in [0.717, 1.165) is 24.4 Å². The summed E-state index contributed by atoms with van der Waals surface area (Å²) in [5.74, 6) is 2.19. The van der Waals surface area contributed by atoms with Gasteiger partial charge in [-0.3, -0.25) is 0 Å². The summed E-state index contributed by atoms with van der Waals surface area (Å²) in [7, 11) is 0. The molecule has 0 spiro atoms. The van der Waals surface area contributed by atoms with Crippen molar-refractivity contribution >= 4 is 0 Å². The van der Waals surface area contributed by atoms with E-state index in [1.54, 1.807) is 0 Å². The Morgan fingerprint density at radius 1 is 1.00 bits per heavy atom. The smallest absolute Gasteiger partial charge is 0.0462 e. The van der Waals surface area contributed by atoms with Crippen molar-refractivity contribution in [1.82, 2.24) is 10.2 Å². The number of aliphatic hydroxyl groups is 1. The molecule has 0 aromatic carbocycles. The Labute approximate surface area is 111 Å². The van der Waals surface area contributed by atoms with E-state index in [4.69, 9.17) is 0 Å². The molecule has 3 aliphatic rings. The lowest BCUT2D eigenvalue weighted by Crippen LogP contribution is -2.46. The van der Waals surface area contributed by atoms with E-state index in [0.29, 0.717) is 12.5 Å². The molecule has 0 amide bonds. The van der Waals surface area contributed by atoms with E-state index in [-0.39, 0.29) is 0 Å². The number of aliphatic hydroxyl groups excluding tert-OH is 1. The van der Waals surface area contributed by atoms with Crippen LogP contribution in [0.15, 0.2) is 0 Å². The van der Waals surface area contributed by atoms with Crippen LogP contribution in [0.4, 0.5) is 0 Å². The molecule has 3 fully saturated rings. The molecule has 0 radical (unpaired) electrons. The lowest BCUT2D eigenvalue weighted by molar-refractivity contribution is 0.124. The second kappa shape index (κ2) is 5.89. The zero-order valence-corrected chi connectivity index (χ0v) is 11.5. The van der Waals surface area contributed by atoms with Crippen molar-refractivity contribution in [2.24, 2.45) is 17.8 Å². The third-order valence-corrected chi connectivity index (χ3v) is 5.58. The number of fused-ring (bicyclic) bond motifs is 2. The molecule has 2 heterocycles. The Morgan fingerprint density at radius 3 is 2.61 bits per heavy atom. The Morgan fingerprint density at radius 2 is 1.78 bits per heavy atom. The lowest BCUT2D eigenvalue weighted by atomic mass is 9.79. The Hall–Kier alpha value is -0.120. The molecule has 2 saturated heterocycles. The summed E-state index contributed by atoms with van der Waals surface area (Å²) in [4.78, 5) is 2.61. The van der Waals surface area contributed by atoms with Gasteiger partial charge in [0.2, 0.25) is 0 Å². The molecule has 2 bridgehead atoms. The van der Waals surface area contributed by atoms with Gasteiger partial charge in [-0.2, -0.15) is 0 Å². The highest BCUT2D eigenvalue weighted by Gasteiger charge is 2.34. The van der Waals surface area contributed by atoms with Gasteiger partial charge in [0, 0.05) is 19.2 Å². The summed E-state index contributed by atoms with van der Waals surface area (Å²) >= 11 is 0. The Balaban J connectivity index is 1.48. The lowest BCUT2D eigenvalue weighted by Gasteiger charge is -2.35. The molecule has 3 rings (SSSR count). The molecule has 18 heavy (non-hydrogen) atoms. The number of rotatable bonds is 4. The van der Waals surface area contributed by atoms with Gasteiger partial charge < -0.3 is 15.3 Å². The summed E-state index contributed by atoms with van der Waals surface area (Å²) in [5, 5.41) is 13.3. The number of hydrogen-bond donors (Lipinski definition) is 2. The van der Waals surface area contributed by atoms with Crippen molar-refractivity contribution in [1.29, 1.82) is 0 Å². The van der Waals surface area contributed by atoms with E-state index in [9.17, 15) is 5.11 Å². The Kier molecular flexibility index (Phi) is 4.22. The van der Waals surface area contributed by atoms with Crippen LogP contribution in [0.3, 0.4) is 0 Å². The fourth-order valence-electron chi connectivity index (χ4n) is 4.32. The topological polar surface area (TPSA) is 35.5 Å². The molecule has 0 aromatic heterocycles. The van der Waals surface area contributed by atoms with Crippen molar-refractivity contribution in [2.75, 3.05) is 32.8 Å². The number of hydrogen-bond acceptors (Lipinski definition) is 3. The molecule has 5 atom stereocenters. The van der Waals surface area contributed by atoms with Crippen LogP contribution < -0.4 is 5.32 Å². The fraction of sp³-hybridized carbons (Fsp3) is 1.00. The second-order valence-electron chi connectivity index (χ2n) is 6.64. The van der Waals surface area contributed by atoms with Crippen molar-refractivity contribution in [3.8, 4) is 0 Å². The van der Waals surface area contributed by atoms with Crippen LogP contribution in [-0.2, 0) is 0 Å². The first-order valence-electron chi connectivity index (χ1n) is 7.93. The van der Waals surface area contributed by atoms with E-state index in [2.05, 4.69) is 10.2 Å². The molecule has 0 aromatic rings. The maximum atomic E-state index is 9.47. The summed E-state index contributed by atoms with van der Waals surface area (Å²) < 4.78 is 0. The summed E-state index contributed by atoms with van der Waals surface area (Å²) in [6.45, 7) is 5.49. The maximum Gasteiger partial charge on any atom is 0.0462 e. The molecule has 5 unspecified atom stereocenters. The minimum absolute atomic E-state index is 0.397. The first kappa shape index (κ1) is 12.9. The molecule has 2 aliphatic heterocycles. The SMILES string of the molecule is OCC1CCCCC1CNC1CCN2CCC1C2. The number of piperidine rings is 1. The van der Waals surface area contributed by atoms with Crippen molar-refractivity contribution in [3.05, 3.63) is 0 Å². The first-order valence-corrected chi connectivity index (χ1v) is 7.93. The van der Waals surface area contributed by atoms with Crippen molar-refractivity contribution in [2.45, 2.75) is 44.6 Å².